The molecule has 0 unspecified atom stereocenters. The molecule has 42 heavy (non-hydrogen) atoms. The number of nitrogens with one attached hydrogen (secondary N) is 3. The molecule has 2 heterocycles. The molecule has 10 heteroatoms. The van der Waals surface area contributed by atoms with Crippen molar-refractivity contribution in [2.24, 2.45) is 0 Å². The molecule has 1 saturated carbocycles. The summed E-state index contributed by atoms with van der Waals surface area (Å²) in [7, 11) is 5.85. The molecule has 1 amide bonds. The summed E-state index contributed by atoms with van der Waals surface area (Å²) < 4.78 is 21.0. The highest BCUT2D eigenvalue weighted by molar-refractivity contribution is 6.06. The zero-order chi connectivity index (χ0) is 29.5. The minimum Gasteiger partial charge on any atom is -0.438 e. The Bertz CT molecular complexity index is 1540. The summed E-state index contributed by atoms with van der Waals surface area (Å²) in [5.74, 6) is 0.306. The number of rotatable bonds is 13. The van der Waals surface area contributed by atoms with Gasteiger partial charge in [-0.2, -0.15) is 0 Å². The van der Waals surface area contributed by atoms with Crippen molar-refractivity contribution in [1.82, 2.24) is 19.9 Å². The van der Waals surface area contributed by atoms with Gasteiger partial charge in [0.05, 0.1) is 28.2 Å². The number of anilines is 3. The van der Waals surface area contributed by atoms with Crippen molar-refractivity contribution in [3.63, 3.8) is 0 Å². The zero-order valence-electron chi connectivity index (χ0n) is 24.2. The Morgan fingerprint density at radius 1 is 1.02 bits per heavy atom. The number of benzene rings is 2. The number of hydrogen-bond acceptors (Lipinski definition) is 8. The molecule has 0 saturated heterocycles. The minimum absolute atomic E-state index is 0.127. The number of pyridine rings is 1. The molecular formula is C32H36FN7O2. The number of unbranched alkanes of at least 4 members (excludes halogenated alkanes) is 1. The highest BCUT2D eigenvalue weighted by Gasteiger charge is 2.25. The van der Waals surface area contributed by atoms with Gasteiger partial charge in [0.25, 0.3) is 5.91 Å². The third-order valence-electron chi connectivity index (χ3n) is 7.01. The number of halogens is 1. The van der Waals surface area contributed by atoms with Gasteiger partial charge in [-0.15, -0.1) is 0 Å². The van der Waals surface area contributed by atoms with E-state index in [1.54, 1.807) is 31.6 Å². The third-order valence-corrected chi connectivity index (χ3v) is 7.01. The Labute approximate surface area is 245 Å². The van der Waals surface area contributed by atoms with Crippen LogP contribution in [0.4, 0.5) is 21.7 Å². The second kappa shape index (κ2) is 13.4. The molecule has 2 aromatic carbocycles. The summed E-state index contributed by atoms with van der Waals surface area (Å²) >= 11 is 0. The second-order valence-electron chi connectivity index (χ2n) is 10.6. The summed E-state index contributed by atoms with van der Waals surface area (Å²) in [5, 5.41) is 9.30. The van der Waals surface area contributed by atoms with E-state index in [2.05, 4.69) is 56.0 Å². The van der Waals surface area contributed by atoms with E-state index in [0.29, 0.717) is 28.8 Å². The fourth-order valence-electron chi connectivity index (χ4n) is 4.61. The molecule has 9 nitrogen and oxygen atoms in total. The molecule has 0 radical (unpaired) electrons. The normalized spacial score (nSPS) is 12.7. The Balaban J connectivity index is 1.35. The number of carbonyl (C=O) groups excluding carboxylic acids is 1. The first kappa shape index (κ1) is 28.9. The number of amides is 1. The number of carbonyl (C=O) groups is 1. The minimum atomic E-state index is -0.646. The summed E-state index contributed by atoms with van der Waals surface area (Å²) in [6, 6.07) is 15.5. The average Bonchev–Trinajstić information content (AvgIpc) is 3.84. The fourth-order valence-corrected chi connectivity index (χ4v) is 4.61. The SMILES string of the molecule is CNc1nccc(-c2cccnc2Oc2ccc(F)c(C(=O)Nc3cc(C4CC4)ccc3NCCCCN(C)C)c2)n1. The van der Waals surface area contributed by atoms with Crippen molar-refractivity contribution in [3.8, 4) is 22.9 Å². The lowest BCUT2D eigenvalue weighted by Gasteiger charge is -2.16. The van der Waals surface area contributed by atoms with Crippen LogP contribution in [0.15, 0.2) is 67.0 Å². The lowest BCUT2D eigenvalue weighted by Crippen LogP contribution is -2.17. The van der Waals surface area contributed by atoms with Crippen molar-refractivity contribution in [2.45, 2.75) is 31.6 Å². The predicted molar refractivity (Wildman–Crippen MR) is 164 cm³/mol. The van der Waals surface area contributed by atoms with Crippen LogP contribution in [-0.2, 0) is 0 Å². The van der Waals surface area contributed by atoms with E-state index in [1.165, 1.54) is 23.8 Å². The van der Waals surface area contributed by atoms with Gasteiger partial charge in [0.2, 0.25) is 11.8 Å². The van der Waals surface area contributed by atoms with Gasteiger partial charge in [-0.1, -0.05) is 6.07 Å². The van der Waals surface area contributed by atoms with Crippen molar-refractivity contribution in [1.29, 1.82) is 0 Å². The van der Waals surface area contributed by atoms with E-state index in [9.17, 15) is 9.18 Å². The van der Waals surface area contributed by atoms with Crippen molar-refractivity contribution in [2.75, 3.05) is 50.2 Å². The smallest absolute Gasteiger partial charge is 0.258 e. The van der Waals surface area contributed by atoms with Crippen LogP contribution in [0.2, 0.25) is 0 Å². The molecule has 218 valence electrons. The highest BCUT2D eigenvalue weighted by Crippen LogP contribution is 2.42. The van der Waals surface area contributed by atoms with Crippen molar-refractivity contribution < 1.29 is 13.9 Å². The Kier molecular flexibility index (Phi) is 9.23. The van der Waals surface area contributed by atoms with Crippen LogP contribution in [0.25, 0.3) is 11.3 Å². The first-order valence-corrected chi connectivity index (χ1v) is 14.2. The quantitative estimate of drug-likeness (QED) is 0.159. The molecule has 0 bridgehead atoms. The zero-order valence-corrected chi connectivity index (χ0v) is 24.2. The molecule has 1 fully saturated rings. The largest absolute Gasteiger partial charge is 0.438 e. The van der Waals surface area contributed by atoms with E-state index in [1.807, 2.05) is 18.2 Å². The lowest BCUT2D eigenvalue weighted by atomic mass is 10.1. The molecule has 2 aromatic heterocycles. The molecule has 0 spiro atoms. The van der Waals surface area contributed by atoms with Gasteiger partial charge in [0, 0.05) is 26.0 Å². The summed E-state index contributed by atoms with van der Waals surface area (Å²) in [6.45, 7) is 1.78. The maximum absolute atomic E-state index is 15.0. The van der Waals surface area contributed by atoms with Crippen LogP contribution in [0, 0.1) is 5.82 Å². The topological polar surface area (TPSA) is 104 Å². The van der Waals surface area contributed by atoms with Gasteiger partial charge in [-0.3, -0.25) is 4.79 Å². The molecule has 1 aliphatic carbocycles. The fraction of sp³-hybridized carbons (Fsp3) is 0.312. The van der Waals surface area contributed by atoms with Crippen LogP contribution in [0.5, 0.6) is 11.6 Å². The molecule has 1 aliphatic rings. The standard InChI is InChI=1S/C32H36FN7O2/c1-34-32-37-17-14-27(39-32)24-7-6-16-36-31(24)42-23-11-12-26(33)25(20-23)30(41)38-29-19-22(21-8-9-21)10-13-28(29)35-15-4-5-18-40(2)3/h6-7,10-14,16-17,19-21,35H,4-5,8-9,15,18H2,1-3H3,(H,38,41)(H,34,37,39). The van der Waals surface area contributed by atoms with Gasteiger partial charge < -0.3 is 25.6 Å². The number of ether oxygens (including phenoxy) is 1. The molecule has 0 aliphatic heterocycles. The number of aromatic nitrogens is 3. The third kappa shape index (κ3) is 7.38. The summed E-state index contributed by atoms with van der Waals surface area (Å²) in [4.78, 5) is 28.6. The van der Waals surface area contributed by atoms with Gasteiger partial charge in [0.15, 0.2) is 0 Å². The number of nitrogens with zero attached hydrogens (tertiary/aromatic N) is 4. The van der Waals surface area contributed by atoms with Gasteiger partial charge in [-0.25, -0.2) is 19.3 Å². The maximum Gasteiger partial charge on any atom is 0.258 e. The van der Waals surface area contributed by atoms with E-state index in [-0.39, 0.29) is 17.2 Å². The van der Waals surface area contributed by atoms with Gasteiger partial charge >= 0.3 is 0 Å². The van der Waals surface area contributed by atoms with E-state index in [4.69, 9.17) is 4.74 Å². The molecular weight excluding hydrogens is 533 g/mol. The van der Waals surface area contributed by atoms with Crippen LogP contribution >= 0.6 is 0 Å². The van der Waals surface area contributed by atoms with Crippen LogP contribution < -0.4 is 20.7 Å². The molecule has 0 atom stereocenters. The highest BCUT2D eigenvalue weighted by atomic mass is 19.1. The molecule has 4 aromatic rings. The maximum atomic E-state index is 15.0. The number of hydrogen-bond donors (Lipinski definition) is 3. The summed E-state index contributed by atoms with van der Waals surface area (Å²) in [6.07, 6.45) is 7.56. The molecule has 3 N–H and O–H groups in total. The molecule has 5 rings (SSSR count). The Morgan fingerprint density at radius 2 is 1.88 bits per heavy atom. The van der Waals surface area contributed by atoms with Crippen molar-refractivity contribution >= 4 is 23.2 Å². The lowest BCUT2D eigenvalue weighted by molar-refractivity contribution is 0.102. The van der Waals surface area contributed by atoms with E-state index >= 15 is 0 Å². The van der Waals surface area contributed by atoms with E-state index < -0.39 is 11.7 Å². The van der Waals surface area contributed by atoms with Crippen LogP contribution in [-0.4, -0.2) is 60.0 Å². The Hall–Kier alpha value is -4.57. The van der Waals surface area contributed by atoms with Gasteiger partial charge in [-0.05, 0) is 106 Å². The average molecular weight is 570 g/mol. The predicted octanol–water partition coefficient (Wildman–Crippen LogP) is 6.40. The van der Waals surface area contributed by atoms with Gasteiger partial charge in [0.1, 0.15) is 11.6 Å². The first-order valence-electron chi connectivity index (χ1n) is 14.2. The monoisotopic (exact) mass is 569 g/mol. The van der Waals surface area contributed by atoms with Crippen LogP contribution in [0.3, 0.4) is 0 Å². The summed E-state index contributed by atoms with van der Waals surface area (Å²) in [5.41, 5.74) is 3.74. The Morgan fingerprint density at radius 3 is 2.67 bits per heavy atom. The first-order chi connectivity index (χ1) is 20.4. The van der Waals surface area contributed by atoms with Crippen molar-refractivity contribution in [3.05, 3.63) is 83.9 Å². The second-order valence-corrected chi connectivity index (χ2v) is 10.6. The van der Waals surface area contributed by atoms with Crippen LogP contribution in [0.1, 0.15) is 47.5 Å². The van der Waals surface area contributed by atoms with E-state index in [0.717, 1.165) is 44.5 Å².